The molecular formula is C19H10B4FN5O. The molecule has 0 aliphatic heterocycles. The second-order valence-electron chi connectivity index (χ2n) is 6.65. The minimum atomic E-state index is -1.05. The number of hydrogen-bond donors (Lipinski definition) is 1. The molecule has 30 heavy (non-hydrogen) atoms. The van der Waals surface area contributed by atoms with Gasteiger partial charge >= 0.3 is 0 Å². The molecule has 11 heteroatoms. The van der Waals surface area contributed by atoms with Crippen LogP contribution < -0.4 is 27.2 Å². The van der Waals surface area contributed by atoms with Crippen molar-refractivity contribution in [1.29, 1.82) is 0 Å². The van der Waals surface area contributed by atoms with Gasteiger partial charge in [0, 0.05) is 24.7 Å². The number of benzene rings is 1. The third-order valence-electron chi connectivity index (χ3n) is 4.72. The van der Waals surface area contributed by atoms with Crippen LogP contribution in [0.4, 0.5) is 10.2 Å². The van der Waals surface area contributed by atoms with Gasteiger partial charge in [0.25, 0.3) is 5.91 Å². The number of aromatic nitrogens is 4. The maximum Gasteiger partial charge on any atom is 0.259 e. The molecule has 0 fully saturated rings. The first-order valence-electron chi connectivity index (χ1n) is 8.74. The summed E-state index contributed by atoms with van der Waals surface area (Å²) in [5.41, 5.74) is 0.476. The number of fused-ring (bicyclic) bond motifs is 1. The minimum Gasteiger partial charge on any atom is -0.332 e. The molecule has 1 aromatic carbocycles. The van der Waals surface area contributed by atoms with Gasteiger partial charge in [0.2, 0.25) is 0 Å². The zero-order chi connectivity index (χ0) is 21.6. The Labute approximate surface area is 177 Å². The highest BCUT2D eigenvalue weighted by Crippen LogP contribution is 2.21. The number of anilines is 1. The lowest BCUT2D eigenvalue weighted by Gasteiger charge is -2.17. The maximum absolute atomic E-state index is 14.5. The molecule has 1 amide bonds. The second kappa shape index (κ2) is 7.48. The Bertz CT molecular complexity index is 1300. The molecule has 3 aromatic heterocycles. The van der Waals surface area contributed by atoms with E-state index in [1.807, 2.05) is 23.7 Å². The molecule has 136 valence electrons. The van der Waals surface area contributed by atoms with Crippen LogP contribution in [0.2, 0.25) is 0 Å². The molecule has 0 bridgehead atoms. The average molecular weight is 387 g/mol. The number of nitrogens with one attached hydrogen (secondary N) is 1. The van der Waals surface area contributed by atoms with Crippen molar-refractivity contribution in [2.75, 3.05) is 5.32 Å². The largest absolute Gasteiger partial charge is 0.332 e. The van der Waals surface area contributed by atoms with Crippen LogP contribution in [-0.2, 0) is 7.05 Å². The third-order valence-corrected chi connectivity index (χ3v) is 4.72. The molecule has 4 rings (SSSR count). The van der Waals surface area contributed by atoms with Crippen molar-refractivity contribution in [3.05, 3.63) is 48.3 Å². The van der Waals surface area contributed by atoms with Gasteiger partial charge in [-0.3, -0.25) is 4.79 Å². The van der Waals surface area contributed by atoms with Gasteiger partial charge in [0.1, 0.15) is 43.0 Å². The number of pyridine rings is 2. The monoisotopic (exact) mass is 387 g/mol. The Morgan fingerprint density at radius 1 is 1.07 bits per heavy atom. The van der Waals surface area contributed by atoms with Gasteiger partial charge in [-0.1, -0.05) is 10.9 Å². The summed E-state index contributed by atoms with van der Waals surface area (Å²) in [4.78, 5) is 25.5. The Hall–Kier alpha value is -3.35. The van der Waals surface area contributed by atoms with E-state index in [-0.39, 0.29) is 22.2 Å². The Morgan fingerprint density at radius 3 is 2.50 bits per heavy atom. The summed E-state index contributed by atoms with van der Waals surface area (Å²) >= 11 is 0. The molecule has 0 aliphatic rings. The summed E-state index contributed by atoms with van der Waals surface area (Å²) in [6, 6.07) is 5.25. The van der Waals surface area contributed by atoms with E-state index in [0.29, 0.717) is 11.2 Å². The van der Waals surface area contributed by atoms with Crippen molar-refractivity contribution in [2.45, 2.75) is 0 Å². The smallest absolute Gasteiger partial charge is 0.259 e. The number of amides is 1. The van der Waals surface area contributed by atoms with Crippen molar-refractivity contribution in [2.24, 2.45) is 7.05 Å². The van der Waals surface area contributed by atoms with E-state index in [4.69, 9.17) is 31.4 Å². The van der Waals surface area contributed by atoms with Crippen molar-refractivity contribution in [3.63, 3.8) is 0 Å². The van der Waals surface area contributed by atoms with E-state index >= 15 is 0 Å². The standard InChI is InChI=1S/C19H10B4FN5O/c1-29-7-25-6-11(29)9-3-2-8-5-26-12(4-10(8)27-9)28-19(30)13-14(20)15(21)16(22)17(23)18(13)24/h2-7H,1H3,(H,26,28,30). The molecule has 0 unspecified atom stereocenters. The number of carbonyl (C=O) groups is 1. The van der Waals surface area contributed by atoms with Crippen LogP contribution in [-0.4, -0.2) is 56.8 Å². The molecule has 4 aromatic rings. The number of hydrogen-bond acceptors (Lipinski definition) is 4. The number of nitrogens with zero attached hydrogens (tertiary/aromatic N) is 4. The fraction of sp³-hybridized carbons (Fsp3) is 0.0526. The van der Waals surface area contributed by atoms with E-state index in [9.17, 15) is 9.18 Å². The van der Waals surface area contributed by atoms with Gasteiger partial charge < -0.3 is 9.88 Å². The summed E-state index contributed by atoms with van der Waals surface area (Å²) in [7, 11) is 24.6. The Balaban J connectivity index is 1.71. The van der Waals surface area contributed by atoms with E-state index in [1.54, 1.807) is 18.6 Å². The molecule has 0 atom stereocenters. The molecule has 0 saturated carbocycles. The van der Waals surface area contributed by atoms with Gasteiger partial charge in [-0.05, 0) is 12.1 Å². The first-order valence-corrected chi connectivity index (χ1v) is 8.74. The number of halogens is 1. The van der Waals surface area contributed by atoms with Crippen LogP contribution in [0.5, 0.6) is 0 Å². The molecule has 0 saturated heterocycles. The predicted molar refractivity (Wildman–Crippen MR) is 118 cm³/mol. The molecule has 3 heterocycles. The highest BCUT2D eigenvalue weighted by atomic mass is 19.1. The molecule has 0 spiro atoms. The Kier molecular flexibility index (Phi) is 4.97. The van der Waals surface area contributed by atoms with Gasteiger partial charge in [-0.2, -0.15) is 0 Å². The lowest BCUT2D eigenvalue weighted by molar-refractivity contribution is 0.102. The molecule has 1 N–H and O–H groups in total. The van der Waals surface area contributed by atoms with Crippen LogP contribution in [0.25, 0.3) is 22.3 Å². The lowest BCUT2D eigenvalue weighted by atomic mass is 9.65. The Morgan fingerprint density at radius 2 is 1.80 bits per heavy atom. The summed E-state index contributed by atoms with van der Waals surface area (Å²) in [5, 5.41) is 3.25. The second-order valence-corrected chi connectivity index (χ2v) is 6.65. The van der Waals surface area contributed by atoms with Gasteiger partial charge in [0.05, 0.1) is 35.0 Å². The SMILES string of the molecule is [B]c1c([B])c([B])c(C(=O)Nc2cc3nc(-c4cncn4C)ccc3cn2)c(F)c1[B]. The molecule has 6 nitrogen and oxygen atoms in total. The van der Waals surface area contributed by atoms with Crippen LogP contribution >= 0.6 is 0 Å². The highest BCUT2D eigenvalue weighted by molar-refractivity contribution is 6.63. The van der Waals surface area contributed by atoms with Crippen LogP contribution in [0.15, 0.2) is 36.9 Å². The number of imidazole rings is 1. The van der Waals surface area contributed by atoms with E-state index in [0.717, 1.165) is 11.1 Å². The van der Waals surface area contributed by atoms with Gasteiger partial charge in [-0.15, -0.1) is 10.9 Å². The van der Waals surface area contributed by atoms with Crippen molar-refractivity contribution in [3.8, 4) is 11.4 Å². The highest BCUT2D eigenvalue weighted by Gasteiger charge is 2.20. The van der Waals surface area contributed by atoms with E-state index < -0.39 is 22.8 Å². The van der Waals surface area contributed by atoms with E-state index in [1.165, 1.54) is 6.20 Å². The number of aryl methyl sites for hydroxylation is 1. The van der Waals surface area contributed by atoms with Crippen LogP contribution in [0, 0.1) is 5.82 Å². The maximum atomic E-state index is 14.5. The number of carbonyl (C=O) groups excluding carboxylic acids is 1. The molecule has 0 aliphatic carbocycles. The number of rotatable bonds is 3. The minimum absolute atomic E-state index is 0.148. The average Bonchev–Trinajstić information content (AvgIpc) is 3.16. The zero-order valence-corrected chi connectivity index (χ0v) is 15.8. The summed E-state index contributed by atoms with van der Waals surface area (Å²) in [5.74, 6) is -1.76. The predicted octanol–water partition coefficient (Wildman–Crippen LogP) is -1.40. The van der Waals surface area contributed by atoms with Crippen molar-refractivity contribution < 1.29 is 9.18 Å². The quantitative estimate of drug-likeness (QED) is 0.440. The topological polar surface area (TPSA) is 72.7 Å². The third kappa shape index (κ3) is 3.30. The summed E-state index contributed by atoms with van der Waals surface area (Å²) in [6.07, 6.45) is 4.90. The molecular weight excluding hydrogens is 376 g/mol. The van der Waals surface area contributed by atoms with Crippen molar-refractivity contribution >= 4 is 75.9 Å². The van der Waals surface area contributed by atoms with E-state index in [2.05, 4.69) is 20.3 Å². The zero-order valence-electron chi connectivity index (χ0n) is 15.8. The summed E-state index contributed by atoms with van der Waals surface area (Å²) in [6.45, 7) is 0. The fourth-order valence-corrected chi connectivity index (χ4v) is 3.03. The first-order chi connectivity index (χ1) is 14.3. The molecule has 8 radical (unpaired) electrons. The van der Waals surface area contributed by atoms with Crippen molar-refractivity contribution in [1.82, 2.24) is 19.5 Å². The summed E-state index contributed by atoms with van der Waals surface area (Å²) < 4.78 is 16.3. The van der Waals surface area contributed by atoms with Gasteiger partial charge in [-0.25, -0.2) is 19.3 Å². The normalized spacial score (nSPS) is 11.0. The van der Waals surface area contributed by atoms with Crippen LogP contribution in [0.1, 0.15) is 10.4 Å². The first kappa shape index (κ1) is 19.9. The van der Waals surface area contributed by atoms with Gasteiger partial charge in [0.15, 0.2) is 0 Å². The fourth-order valence-electron chi connectivity index (χ4n) is 3.03. The van der Waals surface area contributed by atoms with Crippen LogP contribution in [0.3, 0.4) is 0 Å². The lowest BCUT2D eigenvalue weighted by Crippen LogP contribution is -2.52.